The Kier molecular flexibility index (Phi) is 2.99. The van der Waals surface area contributed by atoms with Gasteiger partial charge in [-0.15, -0.1) is 0 Å². The lowest BCUT2D eigenvalue weighted by atomic mass is 10.00. The standard InChI is InChI=1S/C14H20N2O2/c1-9(17)13-4-3-11(6-15-13)16-7-10-2-5-14(18)12(10)8-16/h3-4,6,9-10,12,14,17-18H,2,5,7-8H2,1H3. The van der Waals surface area contributed by atoms with E-state index < -0.39 is 6.10 Å². The number of pyridine rings is 1. The summed E-state index contributed by atoms with van der Waals surface area (Å²) in [7, 11) is 0. The zero-order chi connectivity index (χ0) is 12.7. The topological polar surface area (TPSA) is 56.6 Å². The zero-order valence-corrected chi connectivity index (χ0v) is 10.7. The summed E-state index contributed by atoms with van der Waals surface area (Å²) in [6, 6.07) is 3.90. The van der Waals surface area contributed by atoms with Crippen LogP contribution in [-0.2, 0) is 0 Å². The first-order chi connectivity index (χ1) is 8.65. The Labute approximate surface area is 107 Å². The number of hydrogen-bond donors (Lipinski definition) is 2. The Hall–Kier alpha value is -1.13. The van der Waals surface area contributed by atoms with Crippen molar-refractivity contribution >= 4 is 5.69 Å². The van der Waals surface area contributed by atoms with E-state index in [2.05, 4.69) is 9.88 Å². The van der Waals surface area contributed by atoms with Crippen LogP contribution in [0.5, 0.6) is 0 Å². The summed E-state index contributed by atoms with van der Waals surface area (Å²) in [5.74, 6) is 1.07. The number of rotatable bonds is 2. The van der Waals surface area contributed by atoms with Crippen LogP contribution < -0.4 is 4.90 Å². The summed E-state index contributed by atoms with van der Waals surface area (Å²) in [5, 5.41) is 19.3. The summed E-state index contributed by atoms with van der Waals surface area (Å²) in [4.78, 5) is 6.58. The quantitative estimate of drug-likeness (QED) is 0.829. The molecule has 0 radical (unpaired) electrons. The highest BCUT2D eigenvalue weighted by molar-refractivity contribution is 5.46. The van der Waals surface area contributed by atoms with Crippen LogP contribution in [0, 0.1) is 11.8 Å². The molecule has 1 aliphatic carbocycles. The predicted octanol–water partition coefficient (Wildman–Crippen LogP) is 1.34. The molecule has 0 aromatic carbocycles. The molecule has 2 fully saturated rings. The lowest BCUT2D eigenvalue weighted by molar-refractivity contribution is 0.133. The van der Waals surface area contributed by atoms with E-state index in [4.69, 9.17) is 0 Å². The van der Waals surface area contributed by atoms with Gasteiger partial charge in [-0.05, 0) is 37.8 Å². The highest BCUT2D eigenvalue weighted by Gasteiger charge is 2.41. The molecule has 4 nitrogen and oxygen atoms in total. The van der Waals surface area contributed by atoms with E-state index in [1.165, 1.54) is 0 Å². The van der Waals surface area contributed by atoms with E-state index in [-0.39, 0.29) is 6.10 Å². The van der Waals surface area contributed by atoms with E-state index in [1.807, 2.05) is 18.3 Å². The maximum Gasteiger partial charge on any atom is 0.0931 e. The number of nitrogens with zero attached hydrogens (tertiary/aromatic N) is 2. The molecule has 1 aromatic heterocycles. The molecule has 0 bridgehead atoms. The molecule has 0 amide bonds. The largest absolute Gasteiger partial charge is 0.393 e. The van der Waals surface area contributed by atoms with Gasteiger partial charge >= 0.3 is 0 Å². The van der Waals surface area contributed by atoms with Crippen LogP contribution in [0.25, 0.3) is 0 Å². The second kappa shape index (κ2) is 4.52. The van der Waals surface area contributed by atoms with Crippen molar-refractivity contribution in [2.24, 2.45) is 11.8 Å². The van der Waals surface area contributed by atoms with Crippen LogP contribution in [-0.4, -0.2) is 34.4 Å². The first kappa shape index (κ1) is 11.9. The average molecular weight is 248 g/mol. The van der Waals surface area contributed by atoms with Crippen molar-refractivity contribution in [1.29, 1.82) is 0 Å². The third kappa shape index (κ3) is 1.99. The van der Waals surface area contributed by atoms with Crippen molar-refractivity contribution in [3.8, 4) is 0 Å². The maximum atomic E-state index is 9.91. The Balaban J connectivity index is 1.73. The fourth-order valence-corrected chi connectivity index (χ4v) is 3.28. The van der Waals surface area contributed by atoms with Gasteiger partial charge in [0, 0.05) is 19.0 Å². The normalized spacial score (nSPS) is 32.6. The van der Waals surface area contributed by atoms with Crippen molar-refractivity contribution < 1.29 is 10.2 Å². The van der Waals surface area contributed by atoms with Crippen LogP contribution >= 0.6 is 0 Å². The van der Waals surface area contributed by atoms with E-state index in [0.717, 1.165) is 31.6 Å². The number of aliphatic hydroxyl groups is 2. The minimum atomic E-state index is -0.515. The van der Waals surface area contributed by atoms with E-state index in [1.54, 1.807) is 6.92 Å². The fraction of sp³-hybridized carbons (Fsp3) is 0.643. The van der Waals surface area contributed by atoms with Gasteiger partial charge in [0.05, 0.1) is 29.8 Å². The Morgan fingerprint density at radius 3 is 2.78 bits per heavy atom. The van der Waals surface area contributed by atoms with Crippen molar-refractivity contribution in [3.63, 3.8) is 0 Å². The zero-order valence-electron chi connectivity index (χ0n) is 10.7. The number of hydrogen-bond acceptors (Lipinski definition) is 4. The summed E-state index contributed by atoms with van der Waals surface area (Å²) in [5.41, 5.74) is 1.80. The third-order valence-electron chi connectivity index (χ3n) is 4.38. The molecule has 1 saturated heterocycles. The summed E-state index contributed by atoms with van der Waals surface area (Å²) >= 11 is 0. The molecule has 18 heavy (non-hydrogen) atoms. The van der Waals surface area contributed by atoms with E-state index >= 15 is 0 Å². The highest BCUT2D eigenvalue weighted by Crippen LogP contribution is 2.39. The maximum absolute atomic E-state index is 9.91. The number of aromatic nitrogens is 1. The first-order valence-corrected chi connectivity index (χ1v) is 6.72. The van der Waals surface area contributed by atoms with Gasteiger partial charge in [0.15, 0.2) is 0 Å². The second-order valence-electron chi connectivity index (χ2n) is 5.59. The van der Waals surface area contributed by atoms with Crippen LogP contribution in [0.15, 0.2) is 18.3 Å². The SMILES string of the molecule is CC(O)c1ccc(N2CC3CCC(O)C3C2)cn1. The number of anilines is 1. The molecule has 4 unspecified atom stereocenters. The smallest absolute Gasteiger partial charge is 0.0931 e. The van der Waals surface area contributed by atoms with Gasteiger partial charge < -0.3 is 15.1 Å². The lowest BCUT2D eigenvalue weighted by Gasteiger charge is -2.20. The monoisotopic (exact) mass is 248 g/mol. The molecule has 2 aliphatic rings. The predicted molar refractivity (Wildman–Crippen MR) is 69.3 cm³/mol. The molecular weight excluding hydrogens is 228 g/mol. The van der Waals surface area contributed by atoms with Crippen molar-refractivity contribution in [2.45, 2.75) is 32.0 Å². The van der Waals surface area contributed by atoms with Crippen molar-refractivity contribution in [2.75, 3.05) is 18.0 Å². The molecule has 1 aliphatic heterocycles. The second-order valence-corrected chi connectivity index (χ2v) is 5.59. The van der Waals surface area contributed by atoms with E-state index in [9.17, 15) is 10.2 Å². The minimum Gasteiger partial charge on any atom is -0.393 e. The van der Waals surface area contributed by atoms with Crippen LogP contribution in [0.2, 0.25) is 0 Å². The Morgan fingerprint density at radius 2 is 2.17 bits per heavy atom. The minimum absolute atomic E-state index is 0.121. The summed E-state index contributed by atoms with van der Waals surface area (Å²) < 4.78 is 0. The Morgan fingerprint density at radius 1 is 1.33 bits per heavy atom. The fourth-order valence-electron chi connectivity index (χ4n) is 3.28. The van der Waals surface area contributed by atoms with Gasteiger partial charge in [0.25, 0.3) is 0 Å². The van der Waals surface area contributed by atoms with Crippen molar-refractivity contribution in [1.82, 2.24) is 4.98 Å². The van der Waals surface area contributed by atoms with Gasteiger partial charge in [-0.25, -0.2) is 0 Å². The third-order valence-corrected chi connectivity index (χ3v) is 4.38. The van der Waals surface area contributed by atoms with E-state index in [0.29, 0.717) is 17.5 Å². The summed E-state index contributed by atoms with van der Waals surface area (Å²) in [6.07, 6.45) is 3.29. The van der Waals surface area contributed by atoms with Crippen LogP contribution in [0.4, 0.5) is 5.69 Å². The van der Waals surface area contributed by atoms with Gasteiger partial charge in [0.1, 0.15) is 0 Å². The van der Waals surface area contributed by atoms with Gasteiger partial charge in [0.2, 0.25) is 0 Å². The molecule has 4 atom stereocenters. The molecule has 3 rings (SSSR count). The molecule has 0 spiro atoms. The van der Waals surface area contributed by atoms with Crippen LogP contribution in [0.1, 0.15) is 31.6 Å². The molecule has 2 N–H and O–H groups in total. The average Bonchev–Trinajstić information content (AvgIpc) is 2.92. The molecule has 4 heteroatoms. The van der Waals surface area contributed by atoms with Crippen molar-refractivity contribution in [3.05, 3.63) is 24.0 Å². The molecule has 1 aromatic rings. The van der Waals surface area contributed by atoms with Gasteiger partial charge in [-0.2, -0.15) is 0 Å². The molecule has 1 saturated carbocycles. The first-order valence-electron chi connectivity index (χ1n) is 6.72. The molecular formula is C14H20N2O2. The lowest BCUT2D eigenvalue weighted by Crippen LogP contribution is -2.24. The van der Waals surface area contributed by atoms with Gasteiger partial charge in [-0.1, -0.05) is 0 Å². The van der Waals surface area contributed by atoms with Gasteiger partial charge in [-0.3, -0.25) is 4.98 Å². The number of fused-ring (bicyclic) bond motifs is 1. The molecule has 2 heterocycles. The summed E-state index contributed by atoms with van der Waals surface area (Å²) in [6.45, 7) is 3.68. The highest BCUT2D eigenvalue weighted by atomic mass is 16.3. The number of aliphatic hydroxyl groups excluding tert-OH is 2. The Bertz CT molecular complexity index is 418. The molecule has 98 valence electrons. The van der Waals surface area contributed by atoms with Crippen LogP contribution in [0.3, 0.4) is 0 Å².